The minimum atomic E-state index is -5.08. The van der Waals surface area contributed by atoms with Gasteiger partial charge in [-0.1, -0.05) is 24.1 Å². The second-order valence-corrected chi connectivity index (χ2v) is 11.2. The Morgan fingerprint density at radius 3 is 2.19 bits per heavy atom. The summed E-state index contributed by atoms with van der Waals surface area (Å²) in [6.07, 6.45) is -0.639. The van der Waals surface area contributed by atoms with Gasteiger partial charge in [0.15, 0.2) is 0 Å². The van der Waals surface area contributed by atoms with Crippen molar-refractivity contribution in [1.82, 2.24) is 19.4 Å². The fourth-order valence-corrected chi connectivity index (χ4v) is 5.96. The fourth-order valence-electron chi connectivity index (χ4n) is 4.33. The maximum absolute atomic E-state index is 13.5. The van der Waals surface area contributed by atoms with E-state index in [9.17, 15) is 26.4 Å². The quantitative estimate of drug-likeness (QED) is 0.511. The van der Waals surface area contributed by atoms with Crippen molar-refractivity contribution in [3.05, 3.63) is 29.3 Å². The van der Waals surface area contributed by atoms with Crippen LogP contribution in [0.25, 0.3) is 0 Å². The van der Waals surface area contributed by atoms with E-state index in [0.29, 0.717) is 24.5 Å². The van der Waals surface area contributed by atoms with Gasteiger partial charge in [0.1, 0.15) is 0 Å². The number of sulfonamides is 1. The van der Waals surface area contributed by atoms with Crippen LogP contribution in [0.2, 0.25) is 0 Å². The third-order valence-corrected chi connectivity index (χ3v) is 8.31. The molecule has 0 bridgehead atoms. The van der Waals surface area contributed by atoms with Crippen LogP contribution in [0.1, 0.15) is 36.8 Å². The Hall–Kier alpha value is -2.22. The van der Waals surface area contributed by atoms with Crippen LogP contribution < -0.4 is 5.32 Å². The maximum Gasteiger partial charge on any atom is 0.490 e. The number of hydrogen-bond acceptors (Lipinski definition) is 6. The van der Waals surface area contributed by atoms with Crippen molar-refractivity contribution in [2.24, 2.45) is 0 Å². The maximum atomic E-state index is 13.5. The molecule has 2 N–H and O–H groups in total. The van der Waals surface area contributed by atoms with Gasteiger partial charge in [0.05, 0.1) is 11.4 Å². The molecule has 1 aromatic carbocycles. The number of amides is 1. The number of carbonyl (C=O) groups is 2. The van der Waals surface area contributed by atoms with E-state index in [1.54, 1.807) is 11.0 Å². The lowest BCUT2D eigenvalue weighted by Gasteiger charge is -2.31. The lowest BCUT2D eigenvalue weighted by Crippen LogP contribution is -2.50. The van der Waals surface area contributed by atoms with Gasteiger partial charge >= 0.3 is 12.1 Å². The average Bonchev–Trinajstić information content (AvgIpc) is 2.84. The number of benzene rings is 1. The molecule has 210 valence electrons. The van der Waals surface area contributed by atoms with Crippen LogP contribution in [0.15, 0.2) is 23.1 Å². The van der Waals surface area contributed by atoms with Gasteiger partial charge in [0, 0.05) is 32.7 Å². The summed E-state index contributed by atoms with van der Waals surface area (Å²) in [4.78, 5) is 26.2. The van der Waals surface area contributed by atoms with Crippen molar-refractivity contribution in [3.8, 4) is 0 Å². The Labute approximate surface area is 216 Å². The summed E-state index contributed by atoms with van der Waals surface area (Å²) in [5.74, 6) is -2.87. The van der Waals surface area contributed by atoms with Crippen LogP contribution in [0.3, 0.4) is 0 Å². The number of carbonyl (C=O) groups excluding carboxylic acids is 1. The molecule has 0 saturated carbocycles. The number of piperazine rings is 1. The zero-order valence-corrected chi connectivity index (χ0v) is 22.2. The van der Waals surface area contributed by atoms with E-state index in [2.05, 4.69) is 10.2 Å². The lowest BCUT2D eigenvalue weighted by atomic mass is 10.1. The molecule has 1 amide bonds. The SMILES string of the molecule is Cc1ccc(S(=O)(=O)N(CCCN2CCCCC2)CC(=O)N2CCNCC2)c(C)c1.O=C(O)C(F)(F)F. The monoisotopic (exact) mass is 550 g/mol. The van der Waals surface area contributed by atoms with Crippen LogP contribution in [0.4, 0.5) is 13.2 Å². The fraction of sp³-hybridized carbons (Fsp3) is 0.667. The van der Waals surface area contributed by atoms with E-state index >= 15 is 0 Å². The predicted molar refractivity (Wildman–Crippen MR) is 133 cm³/mol. The summed E-state index contributed by atoms with van der Waals surface area (Å²) >= 11 is 0. The standard InChI is InChI=1S/C22H36N4O3S.C2HF3O2/c1-19-7-8-21(20(2)17-19)30(28,29)26(14-6-13-24-11-4-3-5-12-24)18-22(27)25-15-9-23-10-16-25;3-2(4,5)1(6)7/h7-8,17,23H,3-6,9-16,18H2,1-2H3;(H,6,7). The topological polar surface area (TPSA) is 110 Å². The molecular formula is C24H37F3N4O5S. The summed E-state index contributed by atoms with van der Waals surface area (Å²) in [7, 11) is -3.73. The zero-order valence-electron chi connectivity index (χ0n) is 21.4. The number of carboxylic acids is 1. The number of alkyl halides is 3. The van der Waals surface area contributed by atoms with Crippen LogP contribution in [-0.4, -0.2) is 105 Å². The van der Waals surface area contributed by atoms with Gasteiger partial charge in [0.25, 0.3) is 0 Å². The molecule has 3 rings (SSSR count). The second kappa shape index (κ2) is 14.1. The number of aliphatic carboxylic acids is 1. The second-order valence-electron chi connectivity index (χ2n) is 9.30. The predicted octanol–water partition coefficient (Wildman–Crippen LogP) is 2.24. The third kappa shape index (κ3) is 9.87. The first-order valence-electron chi connectivity index (χ1n) is 12.4. The van der Waals surface area contributed by atoms with Crippen molar-refractivity contribution in [3.63, 3.8) is 0 Å². The molecule has 2 aliphatic heterocycles. The van der Waals surface area contributed by atoms with Crippen LogP contribution in [0, 0.1) is 13.8 Å². The zero-order chi connectivity index (χ0) is 27.6. The van der Waals surface area contributed by atoms with Crippen molar-refractivity contribution < 1.29 is 36.3 Å². The van der Waals surface area contributed by atoms with E-state index in [1.165, 1.54) is 23.6 Å². The average molecular weight is 551 g/mol. The van der Waals surface area contributed by atoms with Gasteiger partial charge in [-0.2, -0.15) is 17.5 Å². The Morgan fingerprint density at radius 1 is 1.05 bits per heavy atom. The molecule has 9 nitrogen and oxygen atoms in total. The van der Waals surface area contributed by atoms with Gasteiger partial charge < -0.3 is 20.2 Å². The number of hydrogen-bond donors (Lipinski definition) is 2. The first kappa shape index (κ1) is 31.0. The summed E-state index contributed by atoms with van der Waals surface area (Å²) in [5, 5.41) is 10.4. The van der Waals surface area contributed by atoms with Gasteiger partial charge in [-0.15, -0.1) is 0 Å². The van der Waals surface area contributed by atoms with Gasteiger partial charge in [0.2, 0.25) is 15.9 Å². The van der Waals surface area contributed by atoms with Crippen LogP contribution in [-0.2, 0) is 19.6 Å². The van der Waals surface area contributed by atoms with Crippen molar-refractivity contribution in [2.75, 3.05) is 58.9 Å². The Bertz CT molecular complexity index is 1010. The smallest absolute Gasteiger partial charge is 0.475 e. The summed E-state index contributed by atoms with van der Waals surface area (Å²) in [5.41, 5.74) is 1.76. The largest absolute Gasteiger partial charge is 0.490 e. The van der Waals surface area contributed by atoms with E-state index in [4.69, 9.17) is 9.90 Å². The molecule has 2 fully saturated rings. The van der Waals surface area contributed by atoms with E-state index < -0.39 is 22.2 Å². The minimum absolute atomic E-state index is 0.0876. The van der Waals surface area contributed by atoms with Gasteiger partial charge in [-0.05, 0) is 64.4 Å². The Morgan fingerprint density at radius 2 is 1.65 bits per heavy atom. The van der Waals surface area contributed by atoms with Crippen LogP contribution >= 0.6 is 0 Å². The van der Waals surface area contributed by atoms with Gasteiger partial charge in [-0.25, -0.2) is 13.2 Å². The van der Waals surface area contributed by atoms with Crippen molar-refractivity contribution >= 4 is 21.9 Å². The highest BCUT2D eigenvalue weighted by atomic mass is 32.2. The number of nitrogens with one attached hydrogen (secondary N) is 1. The number of rotatable bonds is 8. The van der Waals surface area contributed by atoms with E-state index in [1.807, 2.05) is 26.0 Å². The lowest BCUT2D eigenvalue weighted by molar-refractivity contribution is -0.192. The molecule has 1 aromatic rings. The molecular weight excluding hydrogens is 513 g/mol. The van der Waals surface area contributed by atoms with E-state index in [-0.39, 0.29) is 12.5 Å². The highest BCUT2D eigenvalue weighted by Gasteiger charge is 2.38. The Balaban J connectivity index is 0.000000604. The number of likely N-dealkylation sites (tertiary alicyclic amines) is 1. The normalized spacial score (nSPS) is 17.3. The molecule has 2 aliphatic rings. The molecule has 2 heterocycles. The minimum Gasteiger partial charge on any atom is -0.475 e. The van der Waals surface area contributed by atoms with Crippen molar-refractivity contribution in [1.29, 1.82) is 0 Å². The molecule has 0 spiro atoms. The summed E-state index contributed by atoms with van der Waals surface area (Å²) in [6.45, 7) is 9.87. The molecule has 0 aromatic heterocycles. The first-order valence-corrected chi connectivity index (χ1v) is 13.8. The summed E-state index contributed by atoms with van der Waals surface area (Å²) < 4.78 is 60.1. The molecule has 2 saturated heterocycles. The molecule has 0 aliphatic carbocycles. The first-order chi connectivity index (χ1) is 17.3. The van der Waals surface area contributed by atoms with Gasteiger partial charge in [-0.3, -0.25) is 4.79 Å². The van der Waals surface area contributed by atoms with Crippen LogP contribution in [0.5, 0.6) is 0 Å². The molecule has 0 radical (unpaired) electrons. The third-order valence-electron chi connectivity index (χ3n) is 6.30. The highest BCUT2D eigenvalue weighted by molar-refractivity contribution is 7.89. The number of nitrogens with zero attached hydrogens (tertiary/aromatic N) is 3. The Kier molecular flexibility index (Phi) is 11.8. The molecule has 0 unspecified atom stereocenters. The number of halogens is 3. The van der Waals surface area contributed by atoms with E-state index in [0.717, 1.165) is 50.3 Å². The number of aryl methyl sites for hydroxylation is 2. The molecule has 13 heteroatoms. The van der Waals surface area contributed by atoms with Crippen molar-refractivity contribution in [2.45, 2.75) is 50.6 Å². The summed E-state index contributed by atoms with van der Waals surface area (Å²) in [6, 6.07) is 5.38. The molecule has 37 heavy (non-hydrogen) atoms. The number of piperidine rings is 1. The molecule has 0 atom stereocenters. The highest BCUT2D eigenvalue weighted by Crippen LogP contribution is 2.22. The number of carboxylic acid groups (broad SMARTS) is 1.